The molecule has 0 amide bonds. The highest BCUT2D eigenvalue weighted by Gasteiger charge is 2.10. The number of fused-ring (bicyclic) bond motifs is 1. The molecule has 0 saturated carbocycles. The van der Waals surface area contributed by atoms with Crippen molar-refractivity contribution in [3.8, 4) is 5.75 Å². The molecule has 1 heterocycles. The van der Waals surface area contributed by atoms with E-state index >= 15 is 0 Å². The Bertz CT molecular complexity index is 466. The minimum atomic E-state index is 0.672. The summed E-state index contributed by atoms with van der Waals surface area (Å²) in [6, 6.07) is 4.11. The average molecular weight is 319 g/mol. The Morgan fingerprint density at radius 2 is 2.36 bits per heavy atom. The van der Waals surface area contributed by atoms with Crippen LogP contribution < -0.4 is 10.5 Å². The molecule has 4 heteroatoms. The van der Waals surface area contributed by atoms with Gasteiger partial charge in [-0.3, -0.25) is 0 Å². The molecular formula is C10H10INOS. The summed E-state index contributed by atoms with van der Waals surface area (Å²) in [5.41, 5.74) is 6.85. The third kappa shape index (κ3) is 1.56. The first-order valence-electron chi connectivity index (χ1n) is 4.32. The largest absolute Gasteiger partial charge is 0.493 e. The molecule has 0 unspecified atom stereocenters. The van der Waals surface area contributed by atoms with Crippen LogP contribution in [0.1, 0.15) is 6.92 Å². The second kappa shape index (κ2) is 3.94. The summed E-state index contributed by atoms with van der Waals surface area (Å²) in [5, 5.41) is 3.21. The number of hydrogen-bond donors (Lipinski definition) is 1. The molecule has 2 nitrogen and oxygen atoms in total. The van der Waals surface area contributed by atoms with E-state index in [2.05, 4.69) is 28.7 Å². The first-order chi connectivity index (χ1) is 6.74. The minimum absolute atomic E-state index is 0.672. The van der Waals surface area contributed by atoms with Crippen LogP contribution in [0.3, 0.4) is 0 Å². The molecule has 2 N–H and O–H groups in total. The van der Waals surface area contributed by atoms with Gasteiger partial charge in [0.05, 0.1) is 20.6 Å². The first kappa shape index (κ1) is 10.0. The van der Waals surface area contributed by atoms with Gasteiger partial charge in [-0.25, -0.2) is 0 Å². The molecular weight excluding hydrogens is 309 g/mol. The summed E-state index contributed by atoms with van der Waals surface area (Å²) in [7, 11) is 0. The molecule has 0 radical (unpaired) electrons. The van der Waals surface area contributed by atoms with Gasteiger partial charge in [-0.1, -0.05) is 0 Å². The number of nitrogen functional groups attached to an aromatic ring is 1. The number of ether oxygens (including phenoxy) is 1. The van der Waals surface area contributed by atoms with Gasteiger partial charge < -0.3 is 10.5 Å². The third-order valence-corrected chi connectivity index (χ3v) is 4.06. The van der Waals surface area contributed by atoms with Crippen molar-refractivity contribution in [3.63, 3.8) is 0 Å². The summed E-state index contributed by atoms with van der Waals surface area (Å²) in [6.45, 7) is 2.65. The van der Waals surface area contributed by atoms with E-state index in [0.29, 0.717) is 6.61 Å². The Labute approximate surface area is 100 Å². The number of halogens is 1. The van der Waals surface area contributed by atoms with E-state index in [0.717, 1.165) is 25.1 Å². The number of benzene rings is 1. The Morgan fingerprint density at radius 3 is 3.07 bits per heavy atom. The molecule has 0 spiro atoms. The van der Waals surface area contributed by atoms with E-state index in [9.17, 15) is 0 Å². The van der Waals surface area contributed by atoms with Gasteiger partial charge in [-0.15, -0.1) is 11.3 Å². The van der Waals surface area contributed by atoms with Crippen molar-refractivity contribution in [1.29, 1.82) is 0 Å². The lowest BCUT2D eigenvalue weighted by molar-refractivity contribution is 0.338. The maximum Gasteiger partial charge on any atom is 0.135 e. The highest BCUT2D eigenvalue weighted by Crippen LogP contribution is 2.36. The zero-order chi connectivity index (χ0) is 10.1. The molecule has 74 valence electrons. The summed E-state index contributed by atoms with van der Waals surface area (Å²) in [6.07, 6.45) is 0. The fourth-order valence-corrected chi connectivity index (χ4v) is 2.96. The summed E-state index contributed by atoms with van der Waals surface area (Å²) >= 11 is 3.90. The van der Waals surface area contributed by atoms with Gasteiger partial charge in [0.25, 0.3) is 0 Å². The molecule has 0 bridgehead atoms. The van der Waals surface area contributed by atoms with E-state index in [1.54, 1.807) is 11.3 Å². The zero-order valence-corrected chi connectivity index (χ0v) is 10.7. The minimum Gasteiger partial charge on any atom is -0.493 e. The zero-order valence-electron chi connectivity index (χ0n) is 7.71. The summed E-state index contributed by atoms with van der Waals surface area (Å²) in [4.78, 5) is 0. The second-order valence-electron chi connectivity index (χ2n) is 2.87. The molecule has 0 atom stereocenters. The molecule has 0 saturated heterocycles. The van der Waals surface area contributed by atoms with Crippen molar-refractivity contribution in [3.05, 3.63) is 21.1 Å². The summed E-state index contributed by atoms with van der Waals surface area (Å²) in [5.74, 6) is 0.886. The first-order valence-corrected chi connectivity index (χ1v) is 6.28. The molecule has 2 rings (SSSR count). The van der Waals surface area contributed by atoms with Gasteiger partial charge in [0.1, 0.15) is 5.75 Å². The van der Waals surface area contributed by atoms with E-state index in [1.165, 1.54) is 0 Å². The molecule has 1 aromatic carbocycles. The SMILES string of the molecule is CCOc1cc2ccsc2c(N)c1I. The fourth-order valence-electron chi connectivity index (χ4n) is 1.35. The summed E-state index contributed by atoms with van der Waals surface area (Å²) < 4.78 is 7.68. The smallest absolute Gasteiger partial charge is 0.135 e. The molecule has 1 aromatic heterocycles. The van der Waals surface area contributed by atoms with Gasteiger partial charge in [-0.2, -0.15) is 0 Å². The average Bonchev–Trinajstić information content (AvgIpc) is 2.62. The predicted molar refractivity (Wildman–Crippen MR) is 70.1 cm³/mol. The quantitative estimate of drug-likeness (QED) is 0.679. The lowest BCUT2D eigenvalue weighted by Gasteiger charge is -2.08. The molecule has 0 aliphatic carbocycles. The van der Waals surface area contributed by atoms with Gasteiger partial charge in [0, 0.05) is 0 Å². The molecule has 0 fully saturated rings. The van der Waals surface area contributed by atoms with Crippen LogP contribution >= 0.6 is 33.9 Å². The number of thiophene rings is 1. The van der Waals surface area contributed by atoms with Crippen LogP contribution in [-0.2, 0) is 0 Å². The highest BCUT2D eigenvalue weighted by atomic mass is 127. The van der Waals surface area contributed by atoms with Crippen LogP contribution in [0.15, 0.2) is 17.5 Å². The second-order valence-corrected chi connectivity index (χ2v) is 4.87. The number of anilines is 1. The van der Waals surface area contributed by atoms with E-state index < -0.39 is 0 Å². The monoisotopic (exact) mass is 319 g/mol. The molecule has 2 aromatic rings. The highest BCUT2D eigenvalue weighted by molar-refractivity contribution is 14.1. The van der Waals surface area contributed by atoms with Crippen LogP contribution in [0.5, 0.6) is 5.75 Å². The van der Waals surface area contributed by atoms with Gasteiger partial charge in [0.2, 0.25) is 0 Å². The van der Waals surface area contributed by atoms with Crippen LogP contribution in [0.4, 0.5) is 5.69 Å². The van der Waals surface area contributed by atoms with Gasteiger partial charge >= 0.3 is 0 Å². The number of hydrogen-bond acceptors (Lipinski definition) is 3. The Kier molecular flexibility index (Phi) is 2.83. The Morgan fingerprint density at radius 1 is 1.57 bits per heavy atom. The lowest BCUT2D eigenvalue weighted by Crippen LogP contribution is -1.97. The van der Waals surface area contributed by atoms with Crippen LogP contribution in [0.2, 0.25) is 0 Å². The predicted octanol–water partition coefficient (Wildman–Crippen LogP) is 3.49. The topological polar surface area (TPSA) is 35.2 Å². The molecule has 0 aliphatic heterocycles. The Hall–Kier alpha value is -0.490. The van der Waals surface area contributed by atoms with Gasteiger partial charge in [0.15, 0.2) is 0 Å². The van der Waals surface area contributed by atoms with Crippen LogP contribution in [-0.4, -0.2) is 6.61 Å². The Balaban J connectivity index is 2.67. The molecule has 14 heavy (non-hydrogen) atoms. The van der Waals surface area contributed by atoms with Crippen molar-refractivity contribution in [2.45, 2.75) is 6.92 Å². The number of rotatable bonds is 2. The molecule has 0 aliphatic rings. The maximum absolute atomic E-state index is 6.02. The van der Waals surface area contributed by atoms with Crippen LogP contribution in [0.25, 0.3) is 10.1 Å². The van der Waals surface area contributed by atoms with Crippen molar-refractivity contribution < 1.29 is 4.74 Å². The van der Waals surface area contributed by atoms with E-state index in [4.69, 9.17) is 10.5 Å². The van der Waals surface area contributed by atoms with Gasteiger partial charge in [-0.05, 0) is 52.4 Å². The van der Waals surface area contributed by atoms with Crippen molar-refractivity contribution in [2.75, 3.05) is 12.3 Å². The van der Waals surface area contributed by atoms with Crippen molar-refractivity contribution >= 4 is 49.7 Å². The normalized spacial score (nSPS) is 10.7. The standard InChI is InChI=1S/C10H10INOS/c1-2-13-7-5-6-3-4-14-10(6)9(12)8(7)11/h3-5H,2,12H2,1H3. The number of nitrogens with two attached hydrogens (primary N) is 1. The van der Waals surface area contributed by atoms with Crippen molar-refractivity contribution in [1.82, 2.24) is 0 Å². The van der Waals surface area contributed by atoms with E-state index in [1.807, 2.05) is 18.4 Å². The van der Waals surface area contributed by atoms with Crippen LogP contribution in [0, 0.1) is 3.57 Å². The fraction of sp³-hybridized carbons (Fsp3) is 0.200. The van der Waals surface area contributed by atoms with Crippen molar-refractivity contribution in [2.24, 2.45) is 0 Å². The maximum atomic E-state index is 6.02. The lowest BCUT2D eigenvalue weighted by atomic mass is 10.2. The van der Waals surface area contributed by atoms with E-state index in [-0.39, 0.29) is 0 Å². The third-order valence-electron chi connectivity index (χ3n) is 1.98.